The summed E-state index contributed by atoms with van der Waals surface area (Å²) < 4.78 is 5.83. The van der Waals surface area contributed by atoms with Gasteiger partial charge < -0.3 is 4.74 Å². The molecule has 2 aromatic rings. The summed E-state index contributed by atoms with van der Waals surface area (Å²) in [6, 6.07) is 7.01. The smallest absolute Gasteiger partial charge is 0.271 e. The Balaban J connectivity index is 2.02. The molecule has 0 unspecified atom stereocenters. The number of hydrazone groups is 1. The molecular formula is C13H11BrN2O2S. The Labute approximate surface area is 123 Å². The number of benzene rings is 1. The molecule has 0 aliphatic heterocycles. The molecule has 0 saturated heterocycles. The van der Waals surface area contributed by atoms with Crippen LogP contribution in [0.25, 0.3) is 0 Å². The maximum Gasteiger partial charge on any atom is 0.271 e. The molecule has 1 heterocycles. The molecule has 0 fully saturated rings. The van der Waals surface area contributed by atoms with Gasteiger partial charge in [-0.3, -0.25) is 4.79 Å². The van der Waals surface area contributed by atoms with E-state index in [-0.39, 0.29) is 5.91 Å². The number of methoxy groups -OCH3 is 1. The first kappa shape index (κ1) is 13.8. The molecule has 0 aliphatic rings. The number of nitrogens with zero attached hydrogens (tertiary/aromatic N) is 1. The van der Waals surface area contributed by atoms with Crippen LogP contribution in [-0.2, 0) is 0 Å². The highest BCUT2D eigenvalue weighted by Gasteiger charge is 2.07. The molecule has 0 spiro atoms. The normalized spacial score (nSPS) is 10.6. The number of amides is 1. The van der Waals surface area contributed by atoms with Gasteiger partial charge in [0.2, 0.25) is 0 Å². The minimum Gasteiger partial charge on any atom is -0.496 e. The first-order valence-corrected chi connectivity index (χ1v) is 7.13. The molecule has 0 atom stereocenters. The molecule has 1 N–H and O–H groups in total. The van der Waals surface area contributed by atoms with Gasteiger partial charge in [0.1, 0.15) is 5.75 Å². The maximum absolute atomic E-state index is 11.8. The molecule has 98 valence electrons. The van der Waals surface area contributed by atoms with E-state index in [1.165, 1.54) is 0 Å². The van der Waals surface area contributed by atoms with Crippen LogP contribution in [0, 0.1) is 0 Å². The van der Waals surface area contributed by atoms with E-state index in [0.717, 1.165) is 10.0 Å². The predicted octanol–water partition coefficient (Wildman–Crippen LogP) is 3.28. The second-order valence-corrected chi connectivity index (χ2v) is 5.24. The predicted molar refractivity (Wildman–Crippen MR) is 80.1 cm³/mol. The molecule has 0 aliphatic carbocycles. The number of carbonyl (C=O) groups is 1. The van der Waals surface area contributed by atoms with Crippen LogP contribution in [-0.4, -0.2) is 19.2 Å². The third-order valence-corrected chi connectivity index (χ3v) is 3.66. The maximum atomic E-state index is 11.8. The van der Waals surface area contributed by atoms with Crippen molar-refractivity contribution >= 4 is 39.4 Å². The Hall–Kier alpha value is -1.66. The summed E-state index contributed by atoms with van der Waals surface area (Å²) in [6.07, 6.45) is 1.60. The summed E-state index contributed by atoms with van der Waals surface area (Å²) in [5.74, 6) is 0.410. The highest BCUT2D eigenvalue weighted by molar-refractivity contribution is 9.10. The molecule has 0 radical (unpaired) electrons. The van der Waals surface area contributed by atoms with E-state index < -0.39 is 0 Å². The van der Waals surface area contributed by atoms with Gasteiger partial charge in [0.05, 0.1) is 17.8 Å². The molecular weight excluding hydrogens is 328 g/mol. The molecule has 2 rings (SSSR count). The van der Waals surface area contributed by atoms with Crippen LogP contribution >= 0.6 is 27.3 Å². The first-order chi connectivity index (χ1) is 9.20. The van der Waals surface area contributed by atoms with Gasteiger partial charge in [0.25, 0.3) is 5.91 Å². The van der Waals surface area contributed by atoms with E-state index in [2.05, 4.69) is 26.5 Å². The Bertz CT molecular complexity index is 597. The number of halogens is 1. The largest absolute Gasteiger partial charge is 0.496 e. The van der Waals surface area contributed by atoms with Crippen molar-refractivity contribution in [1.82, 2.24) is 5.43 Å². The Morgan fingerprint density at radius 1 is 1.47 bits per heavy atom. The van der Waals surface area contributed by atoms with E-state index in [0.29, 0.717) is 11.3 Å². The van der Waals surface area contributed by atoms with Crippen molar-refractivity contribution in [3.63, 3.8) is 0 Å². The minimum atomic E-state index is -0.269. The van der Waals surface area contributed by atoms with Crippen LogP contribution < -0.4 is 10.2 Å². The van der Waals surface area contributed by atoms with Crippen molar-refractivity contribution in [3.05, 3.63) is 50.6 Å². The summed E-state index contributed by atoms with van der Waals surface area (Å²) in [4.78, 5) is 11.8. The van der Waals surface area contributed by atoms with Gasteiger partial charge in [-0.2, -0.15) is 16.4 Å². The van der Waals surface area contributed by atoms with Crippen LogP contribution in [0.15, 0.2) is 44.6 Å². The molecule has 6 heteroatoms. The van der Waals surface area contributed by atoms with Crippen LogP contribution in [0.5, 0.6) is 5.75 Å². The Kier molecular flexibility index (Phi) is 4.70. The number of rotatable bonds is 4. The van der Waals surface area contributed by atoms with Crippen molar-refractivity contribution in [3.8, 4) is 5.75 Å². The number of hydrogen-bond donors (Lipinski definition) is 1. The van der Waals surface area contributed by atoms with Crippen molar-refractivity contribution in [2.75, 3.05) is 7.11 Å². The first-order valence-electron chi connectivity index (χ1n) is 5.40. The summed E-state index contributed by atoms with van der Waals surface area (Å²) in [5, 5.41) is 7.79. The van der Waals surface area contributed by atoms with Gasteiger partial charge in [-0.05, 0) is 51.0 Å². The van der Waals surface area contributed by atoms with Crippen molar-refractivity contribution in [2.24, 2.45) is 5.10 Å². The topological polar surface area (TPSA) is 50.7 Å². The minimum absolute atomic E-state index is 0.269. The number of nitrogens with one attached hydrogen (secondary N) is 1. The van der Waals surface area contributed by atoms with E-state index in [4.69, 9.17) is 4.74 Å². The molecule has 1 aromatic heterocycles. The lowest BCUT2D eigenvalue weighted by Gasteiger charge is -2.05. The van der Waals surface area contributed by atoms with Gasteiger partial charge >= 0.3 is 0 Å². The molecule has 0 saturated carbocycles. The fourth-order valence-corrected chi connectivity index (χ4v) is 2.54. The lowest BCUT2D eigenvalue weighted by atomic mass is 10.2. The average molecular weight is 339 g/mol. The second-order valence-electron chi connectivity index (χ2n) is 3.61. The number of hydrogen-bond acceptors (Lipinski definition) is 4. The van der Waals surface area contributed by atoms with Crippen molar-refractivity contribution < 1.29 is 9.53 Å². The third kappa shape index (κ3) is 3.65. The molecule has 4 nitrogen and oxygen atoms in total. The molecule has 1 aromatic carbocycles. The Morgan fingerprint density at radius 2 is 2.32 bits per heavy atom. The van der Waals surface area contributed by atoms with Crippen molar-refractivity contribution in [1.29, 1.82) is 0 Å². The summed E-state index contributed by atoms with van der Waals surface area (Å²) in [6.45, 7) is 0. The lowest BCUT2D eigenvalue weighted by Crippen LogP contribution is -2.17. The average Bonchev–Trinajstić information content (AvgIpc) is 2.91. The number of ether oxygens (including phenoxy) is 1. The quantitative estimate of drug-likeness (QED) is 0.687. The van der Waals surface area contributed by atoms with Crippen LogP contribution in [0.4, 0.5) is 0 Å². The fraction of sp³-hybridized carbons (Fsp3) is 0.0769. The van der Waals surface area contributed by atoms with E-state index in [1.807, 2.05) is 16.8 Å². The van der Waals surface area contributed by atoms with Crippen LogP contribution in [0.3, 0.4) is 0 Å². The highest BCUT2D eigenvalue weighted by atomic mass is 79.9. The summed E-state index contributed by atoms with van der Waals surface area (Å²) in [7, 11) is 1.57. The van der Waals surface area contributed by atoms with Gasteiger partial charge in [-0.25, -0.2) is 5.43 Å². The zero-order valence-electron chi connectivity index (χ0n) is 10.1. The SMILES string of the molecule is COc1ccc(C(=O)N/N=C/c2ccsc2)cc1Br. The van der Waals surface area contributed by atoms with E-state index in [9.17, 15) is 4.79 Å². The standard InChI is InChI=1S/C13H11BrN2O2S/c1-18-12-3-2-10(6-11(12)14)13(17)16-15-7-9-4-5-19-8-9/h2-8H,1H3,(H,16,17)/b15-7+. The third-order valence-electron chi connectivity index (χ3n) is 2.34. The summed E-state index contributed by atoms with van der Waals surface area (Å²) >= 11 is 4.91. The Morgan fingerprint density at radius 3 is 2.95 bits per heavy atom. The monoisotopic (exact) mass is 338 g/mol. The molecule has 19 heavy (non-hydrogen) atoms. The van der Waals surface area contributed by atoms with Crippen LogP contribution in [0.2, 0.25) is 0 Å². The van der Waals surface area contributed by atoms with Gasteiger partial charge in [-0.1, -0.05) is 0 Å². The molecule has 1 amide bonds. The van der Waals surface area contributed by atoms with Crippen LogP contribution in [0.1, 0.15) is 15.9 Å². The van der Waals surface area contributed by atoms with Gasteiger partial charge in [0.15, 0.2) is 0 Å². The zero-order chi connectivity index (χ0) is 13.7. The van der Waals surface area contributed by atoms with Gasteiger partial charge in [-0.15, -0.1) is 0 Å². The fourth-order valence-electron chi connectivity index (χ4n) is 1.39. The zero-order valence-corrected chi connectivity index (χ0v) is 12.5. The van der Waals surface area contributed by atoms with Gasteiger partial charge in [0, 0.05) is 11.1 Å². The number of thiophene rings is 1. The molecule has 0 bridgehead atoms. The van der Waals surface area contributed by atoms with E-state index >= 15 is 0 Å². The highest BCUT2D eigenvalue weighted by Crippen LogP contribution is 2.25. The second kappa shape index (κ2) is 6.49. The lowest BCUT2D eigenvalue weighted by molar-refractivity contribution is 0.0955. The summed E-state index contributed by atoms with van der Waals surface area (Å²) in [5.41, 5.74) is 3.94. The number of carbonyl (C=O) groups excluding carboxylic acids is 1. The van der Waals surface area contributed by atoms with E-state index in [1.54, 1.807) is 42.9 Å². The van der Waals surface area contributed by atoms with Crippen molar-refractivity contribution in [2.45, 2.75) is 0 Å².